The number of ether oxygens (including phenoxy) is 1. The van der Waals surface area contributed by atoms with Gasteiger partial charge in [0.2, 0.25) is 0 Å². The minimum Gasteiger partial charge on any atom is -0.444 e. The molecule has 0 radical (unpaired) electrons. The van der Waals surface area contributed by atoms with Gasteiger partial charge in [0, 0.05) is 5.56 Å². The number of hydrogen-bond donors (Lipinski definition) is 2. The van der Waals surface area contributed by atoms with Crippen molar-refractivity contribution >= 4 is 17.5 Å². The lowest BCUT2D eigenvalue weighted by Gasteiger charge is -2.24. The van der Waals surface area contributed by atoms with Crippen LogP contribution < -0.4 is 11.5 Å². The van der Waals surface area contributed by atoms with Gasteiger partial charge in [-0.25, -0.2) is 4.79 Å². The molecule has 0 saturated heterocycles. The van der Waals surface area contributed by atoms with Crippen molar-refractivity contribution in [3.05, 3.63) is 22.8 Å². The quantitative estimate of drug-likeness (QED) is 0.704. The lowest BCUT2D eigenvalue weighted by molar-refractivity contribution is 0.0242. The Morgan fingerprint density at radius 2 is 1.84 bits per heavy atom. The standard InChI is InChI=1S/C14H21N3O2/c1-8-5-11(15)12(16)10-7-17(6-9(8)10)13(18)19-14(2,3)4/h5H,6-7,15-16H2,1-4H3. The molecule has 1 aliphatic rings. The van der Waals surface area contributed by atoms with Gasteiger partial charge in [-0.3, -0.25) is 4.90 Å². The second-order valence-corrected chi connectivity index (χ2v) is 5.99. The summed E-state index contributed by atoms with van der Waals surface area (Å²) in [5.74, 6) is 0. The monoisotopic (exact) mass is 263 g/mol. The summed E-state index contributed by atoms with van der Waals surface area (Å²) >= 11 is 0. The molecule has 0 atom stereocenters. The molecule has 5 heteroatoms. The second-order valence-electron chi connectivity index (χ2n) is 5.99. The number of hydrogen-bond acceptors (Lipinski definition) is 4. The molecule has 104 valence electrons. The molecule has 1 heterocycles. The van der Waals surface area contributed by atoms with Gasteiger partial charge in [0.1, 0.15) is 5.60 Å². The van der Waals surface area contributed by atoms with Crippen molar-refractivity contribution < 1.29 is 9.53 Å². The second kappa shape index (κ2) is 4.33. The van der Waals surface area contributed by atoms with Gasteiger partial charge < -0.3 is 16.2 Å². The highest BCUT2D eigenvalue weighted by Crippen LogP contribution is 2.34. The van der Waals surface area contributed by atoms with E-state index in [2.05, 4.69) is 0 Å². The molecule has 1 aromatic carbocycles. The van der Waals surface area contributed by atoms with E-state index in [9.17, 15) is 4.79 Å². The molecule has 0 spiro atoms. The fraction of sp³-hybridized carbons (Fsp3) is 0.500. The molecule has 1 amide bonds. The third kappa shape index (κ3) is 2.59. The van der Waals surface area contributed by atoms with Gasteiger partial charge in [-0.1, -0.05) is 0 Å². The Hall–Kier alpha value is -1.91. The number of amides is 1. The normalized spacial score (nSPS) is 14.4. The third-order valence-electron chi connectivity index (χ3n) is 3.20. The number of benzene rings is 1. The summed E-state index contributed by atoms with van der Waals surface area (Å²) in [5.41, 5.74) is 15.6. The number of nitrogens with zero attached hydrogens (tertiary/aromatic N) is 1. The van der Waals surface area contributed by atoms with E-state index in [1.165, 1.54) is 0 Å². The van der Waals surface area contributed by atoms with Crippen LogP contribution in [0.15, 0.2) is 6.07 Å². The molecule has 0 unspecified atom stereocenters. The van der Waals surface area contributed by atoms with Crippen molar-refractivity contribution in [1.82, 2.24) is 4.90 Å². The molecule has 2 rings (SSSR count). The Bertz CT molecular complexity index is 532. The number of nitrogen functional groups attached to an aromatic ring is 2. The van der Waals surface area contributed by atoms with E-state index in [1.807, 2.05) is 33.8 Å². The summed E-state index contributed by atoms with van der Waals surface area (Å²) < 4.78 is 5.38. The van der Waals surface area contributed by atoms with E-state index in [-0.39, 0.29) is 6.09 Å². The zero-order valence-electron chi connectivity index (χ0n) is 11.9. The van der Waals surface area contributed by atoms with Crippen LogP contribution in [0, 0.1) is 6.92 Å². The summed E-state index contributed by atoms with van der Waals surface area (Å²) in [4.78, 5) is 13.7. The van der Waals surface area contributed by atoms with Gasteiger partial charge in [0.15, 0.2) is 0 Å². The molecule has 0 bridgehead atoms. The minimum absolute atomic E-state index is 0.318. The molecular weight excluding hydrogens is 242 g/mol. The van der Waals surface area contributed by atoms with Crippen LogP contribution in [0.25, 0.3) is 0 Å². The van der Waals surface area contributed by atoms with Crippen molar-refractivity contribution in [2.24, 2.45) is 0 Å². The zero-order chi connectivity index (χ0) is 14.4. The van der Waals surface area contributed by atoms with E-state index in [4.69, 9.17) is 16.2 Å². The summed E-state index contributed by atoms with van der Waals surface area (Å²) in [6.45, 7) is 8.53. The number of nitrogens with two attached hydrogens (primary N) is 2. The SMILES string of the molecule is Cc1cc(N)c(N)c2c1CN(C(=O)OC(C)(C)C)C2. The molecular formula is C14H21N3O2. The van der Waals surface area contributed by atoms with Gasteiger partial charge >= 0.3 is 6.09 Å². The van der Waals surface area contributed by atoms with Crippen LogP contribution in [0.3, 0.4) is 0 Å². The highest BCUT2D eigenvalue weighted by Gasteiger charge is 2.30. The van der Waals surface area contributed by atoms with Crippen molar-refractivity contribution in [1.29, 1.82) is 0 Å². The zero-order valence-corrected chi connectivity index (χ0v) is 11.9. The minimum atomic E-state index is -0.495. The molecule has 4 N–H and O–H groups in total. The summed E-state index contributed by atoms with van der Waals surface area (Å²) in [6, 6.07) is 1.85. The van der Waals surface area contributed by atoms with Crippen LogP contribution in [0.1, 0.15) is 37.5 Å². The molecule has 0 aromatic heterocycles. The number of carbonyl (C=O) groups excluding carboxylic acids is 1. The maximum Gasteiger partial charge on any atom is 0.410 e. The third-order valence-corrected chi connectivity index (χ3v) is 3.20. The van der Waals surface area contributed by atoms with Crippen LogP contribution in [-0.4, -0.2) is 16.6 Å². The number of carbonyl (C=O) groups is 1. The van der Waals surface area contributed by atoms with E-state index >= 15 is 0 Å². The Morgan fingerprint density at radius 1 is 1.26 bits per heavy atom. The predicted octanol–water partition coefficient (Wildman–Crippen LogP) is 2.41. The van der Waals surface area contributed by atoms with Crippen molar-refractivity contribution in [3.8, 4) is 0 Å². The number of fused-ring (bicyclic) bond motifs is 1. The average molecular weight is 263 g/mol. The largest absolute Gasteiger partial charge is 0.444 e. The van der Waals surface area contributed by atoms with Crippen LogP contribution in [-0.2, 0) is 17.8 Å². The van der Waals surface area contributed by atoms with E-state index in [0.29, 0.717) is 24.5 Å². The van der Waals surface area contributed by atoms with Gasteiger partial charge in [-0.15, -0.1) is 0 Å². The molecule has 0 fully saturated rings. The van der Waals surface area contributed by atoms with Crippen LogP contribution in [0.5, 0.6) is 0 Å². The molecule has 0 saturated carbocycles. The van der Waals surface area contributed by atoms with Crippen LogP contribution in [0.2, 0.25) is 0 Å². The first kappa shape index (κ1) is 13.5. The Labute approximate surface area is 113 Å². The Morgan fingerprint density at radius 3 is 2.42 bits per heavy atom. The molecule has 19 heavy (non-hydrogen) atoms. The molecule has 1 aromatic rings. The Kier molecular flexibility index (Phi) is 3.08. The summed E-state index contributed by atoms with van der Waals surface area (Å²) in [5, 5.41) is 0. The highest BCUT2D eigenvalue weighted by atomic mass is 16.6. The smallest absolute Gasteiger partial charge is 0.410 e. The Balaban J connectivity index is 2.23. The number of rotatable bonds is 0. The molecule has 0 aliphatic carbocycles. The van der Waals surface area contributed by atoms with E-state index in [1.54, 1.807) is 4.90 Å². The maximum atomic E-state index is 12.1. The van der Waals surface area contributed by atoms with Crippen LogP contribution >= 0.6 is 0 Å². The number of aryl methyl sites for hydroxylation is 1. The van der Waals surface area contributed by atoms with Crippen molar-refractivity contribution in [2.45, 2.75) is 46.4 Å². The van der Waals surface area contributed by atoms with Gasteiger partial charge in [-0.05, 0) is 44.9 Å². The van der Waals surface area contributed by atoms with Gasteiger partial charge in [0.25, 0.3) is 0 Å². The average Bonchev–Trinajstić information content (AvgIpc) is 2.69. The number of anilines is 2. The lowest BCUT2D eigenvalue weighted by Crippen LogP contribution is -2.33. The summed E-state index contributed by atoms with van der Waals surface area (Å²) in [6.07, 6.45) is -0.318. The fourth-order valence-corrected chi connectivity index (χ4v) is 2.27. The van der Waals surface area contributed by atoms with Crippen molar-refractivity contribution in [2.75, 3.05) is 11.5 Å². The predicted molar refractivity (Wildman–Crippen MR) is 75.5 cm³/mol. The first-order valence-electron chi connectivity index (χ1n) is 6.33. The molecule has 1 aliphatic heterocycles. The molecule has 5 nitrogen and oxygen atoms in total. The lowest BCUT2D eigenvalue weighted by atomic mass is 10.0. The fourth-order valence-electron chi connectivity index (χ4n) is 2.27. The van der Waals surface area contributed by atoms with Gasteiger partial charge in [0.05, 0.1) is 24.5 Å². The first-order valence-corrected chi connectivity index (χ1v) is 6.33. The first-order chi connectivity index (χ1) is 8.69. The topological polar surface area (TPSA) is 81.6 Å². The summed E-state index contributed by atoms with van der Waals surface area (Å²) in [7, 11) is 0. The highest BCUT2D eigenvalue weighted by molar-refractivity contribution is 5.75. The van der Waals surface area contributed by atoms with Gasteiger partial charge in [-0.2, -0.15) is 0 Å². The maximum absolute atomic E-state index is 12.1. The van der Waals surface area contributed by atoms with E-state index < -0.39 is 5.60 Å². The van der Waals surface area contributed by atoms with Crippen LogP contribution in [0.4, 0.5) is 16.2 Å². The van der Waals surface area contributed by atoms with E-state index in [0.717, 1.165) is 16.7 Å². The van der Waals surface area contributed by atoms with Crippen molar-refractivity contribution in [3.63, 3.8) is 0 Å².